The molecule has 5 nitrogen and oxygen atoms in total. The summed E-state index contributed by atoms with van der Waals surface area (Å²) in [6, 6.07) is 7.30. The first-order valence-corrected chi connectivity index (χ1v) is 6.69. The summed E-state index contributed by atoms with van der Waals surface area (Å²) in [7, 11) is 0. The summed E-state index contributed by atoms with van der Waals surface area (Å²) < 4.78 is 0. The predicted molar refractivity (Wildman–Crippen MR) is 77.1 cm³/mol. The third-order valence-corrected chi connectivity index (χ3v) is 3.36. The van der Waals surface area contributed by atoms with E-state index >= 15 is 0 Å². The van der Waals surface area contributed by atoms with Crippen LogP contribution in [0.3, 0.4) is 0 Å². The monoisotopic (exact) mass is 294 g/mol. The second-order valence-corrected chi connectivity index (χ2v) is 4.86. The largest absolute Gasteiger partial charge is 0.480 e. The van der Waals surface area contributed by atoms with Gasteiger partial charge in [-0.15, -0.1) is 0 Å². The maximum Gasteiger partial charge on any atom is 0.323 e. The van der Waals surface area contributed by atoms with Crippen LogP contribution in [-0.2, 0) is 4.79 Å². The zero-order valence-corrected chi connectivity index (χ0v) is 11.8. The van der Waals surface area contributed by atoms with Gasteiger partial charge in [-0.1, -0.05) is 36.7 Å². The number of carboxylic acids is 1. The molecule has 0 saturated heterocycles. The van der Waals surface area contributed by atoms with E-state index in [2.05, 4.69) is 4.98 Å². The van der Waals surface area contributed by atoms with Gasteiger partial charge in [0, 0.05) is 17.4 Å². The van der Waals surface area contributed by atoms with Gasteiger partial charge < -0.3 is 15.0 Å². The lowest BCUT2D eigenvalue weighted by Gasteiger charge is -2.19. The molecule has 0 aliphatic heterocycles. The van der Waals surface area contributed by atoms with Gasteiger partial charge in [-0.25, -0.2) is 0 Å². The van der Waals surface area contributed by atoms with E-state index in [0.717, 1.165) is 10.9 Å². The highest BCUT2D eigenvalue weighted by atomic mass is 35.5. The smallest absolute Gasteiger partial charge is 0.323 e. The molecular formula is C14H15ClN2O3. The summed E-state index contributed by atoms with van der Waals surface area (Å²) in [6.07, 6.45) is 0.677. The zero-order chi connectivity index (χ0) is 14.7. The number of H-pyrrole nitrogens is 1. The number of amides is 1. The van der Waals surface area contributed by atoms with Crippen molar-refractivity contribution in [3.8, 4) is 0 Å². The van der Waals surface area contributed by atoms with E-state index in [1.807, 2.05) is 31.2 Å². The molecule has 0 atom stereocenters. The number of benzene rings is 1. The highest BCUT2D eigenvalue weighted by Crippen LogP contribution is 2.28. The molecule has 0 radical (unpaired) electrons. The van der Waals surface area contributed by atoms with Gasteiger partial charge in [0.1, 0.15) is 12.2 Å². The summed E-state index contributed by atoms with van der Waals surface area (Å²) in [5, 5.41) is 9.96. The number of carbonyl (C=O) groups is 2. The number of rotatable bonds is 5. The third kappa shape index (κ3) is 2.77. The molecule has 0 aliphatic rings. The van der Waals surface area contributed by atoms with Crippen molar-refractivity contribution < 1.29 is 14.7 Å². The number of halogens is 1. The minimum Gasteiger partial charge on any atom is -0.480 e. The maximum atomic E-state index is 12.4. The van der Waals surface area contributed by atoms with Crippen LogP contribution in [0.15, 0.2) is 24.3 Å². The van der Waals surface area contributed by atoms with Gasteiger partial charge in [0.05, 0.1) is 5.02 Å². The van der Waals surface area contributed by atoms with E-state index < -0.39 is 11.9 Å². The van der Waals surface area contributed by atoms with E-state index in [1.165, 1.54) is 4.90 Å². The molecule has 106 valence electrons. The van der Waals surface area contributed by atoms with Crippen molar-refractivity contribution in [2.75, 3.05) is 13.1 Å². The van der Waals surface area contributed by atoms with E-state index in [4.69, 9.17) is 16.7 Å². The Balaban J connectivity index is 2.38. The molecule has 0 aliphatic carbocycles. The van der Waals surface area contributed by atoms with Crippen molar-refractivity contribution in [2.45, 2.75) is 13.3 Å². The Hall–Kier alpha value is -2.01. The minimum atomic E-state index is -1.04. The van der Waals surface area contributed by atoms with Crippen LogP contribution in [0.5, 0.6) is 0 Å². The number of para-hydroxylation sites is 1. The number of fused-ring (bicyclic) bond motifs is 1. The van der Waals surface area contributed by atoms with Gasteiger partial charge in [0.2, 0.25) is 0 Å². The van der Waals surface area contributed by atoms with Gasteiger partial charge in [-0.3, -0.25) is 9.59 Å². The number of aliphatic carboxylic acids is 1. The Morgan fingerprint density at radius 3 is 2.65 bits per heavy atom. The molecule has 0 saturated carbocycles. The van der Waals surface area contributed by atoms with Crippen molar-refractivity contribution in [2.24, 2.45) is 0 Å². The van der Waals surface area contributed by atoms with Crippen LogP contribution in [0.1, 0.15) is 23.8 Å². The van der Waals surface area contributed by atoms with Crippen LogP contribution >= 0.6 is 11.6 Å². The summed E-state index contributed by atoms with van der Waals surface area (Å²) in [6.45, 7) is 1.92. The number of nitrogens with zero attached hydrogens (tertiary/aromatic N) is 1. The standard InChI is InChI=1S/C14H15ClN2O3/c1-2-7-17(8-11(18)19)14(20)13-12(15)9-5-3-4-6-10(9)16-13/h3-6,16H,2,7-8H2,1H3,(H,18,19). The van der Waals surface area contributed by atoms with Gasteiger partial charge in [-0.2, -0.15) is 0 Å². The molecule has 1 aromatic carbocycles. The molecule has 0 unspecified atom stereocenters. The molecule has 20 heavy (non-hydrogen) atoms. The lowest BCUT2D eigenvalue weighted by molar-refractivity contribution is -0.137. The van der Waals surface area contributed by atoms with Gasteiger partial charge >= 0.3 is 5.97 Å². The first kappa shape index (κ1) is 14.4. The Morgan fingerprint density at radius 1 is 1.35 bits per heavy atom. The number of carbonyl (C=O) groups excluding carboxylic acids is 1. The van der Waals surface area contributed by atoms with E-state index in [9.17, 15) is 9.59 Å². The fraction of sp³-hybridized carbons (Fsp3) is 0.286. The fourth-order valence-electron chi connectivity index (χ4n) is 2.10. The second kappa shape index (κ2) is 5.96. The van der Waals surface area contributed by atoms with Crippen LogP contribution in [-0.4, -0.2) is 40.0 Å². The number of aromatic amines is 1. The van der Waals surface area contributed by atoms with Crippen molar-refractivity contribution >= 4 is 34.4 Å². The number of hydrogen-bond donors (Lipinski definition) is 2. The number of nitrogens with one attached hydrogen (secondary N) is 1. The predicted octanol–water partition coefficient (Wildman–Crippen LogP) is 2.76. The highest BCUT2D eigenvalue weighted by Gasteiger charge is 2.23. The molecule has 2 aromatic rings. The molecule has 2 rings (SSSR count). The first-order chi connectivity index (χ1) is 9.54. The van der Waals surface area contributed by atoms with E-state index in [0.29, 0.717) is 18.0 Å². The molecular weight excluding hydrogens is 280 g/mol. The number of aromatic nitrogens is 1. The van der Waals surface area contributed by atoms with Crippen LogP contribution in [0.4, 0.5) is 0 Å². The first-order valence-electron chi connectivity index (χ1n) is 6.31. The average molecular weight is 295 g/mol. The molecule has 1 heterocycles. The minimum absolute atomic E-state index is 0.238. The molecule has 1 aromatic heterocycles. The highest BCUT2D eigenvalue weighted by molar-refractivity contribution is 6.38. The van der Waals surface area contributed by atoms with Gasteiger partial charge in [-0.05, 0) is 12.5 Å². The summed E-state index contributed by atoms with van der Waals surface area (Å²) in [5.74, 6) is -1.44. The summed E-state index contributed by atoms with van der Waals surface area (Å²) >= 11 is 6.21. The molecule has 2 N–H and O–H groups in total. The topological polar surface area (TPSA) is 73.4 Å². The van der Waals surface area contributed by atoms with Crippen molar-refractivity contribution in [1.82, 2.24) is 9.88 Å². The quantitative estimate of drug-likeness (QED) is 0.890. The lowest BCUT2D eigenvalue weighted by atomic mass is 10.2. The van der Waals surface area contributed by atoms with Crippen molar-refractivity contribution in [3.63, 3.8) is 0 Å². The fourth-order valence-corrected chi connectivity index (χ4v) is 2.39. The Morgan fingerprint density at radius 2 is 2.05 bits per heavy atom. The Bertz CT molecular complexity index is 651. The maximum absolute atomic E-state index is 12.4. The second-order valence-electron chi connectivity index (χ2n) is 4.48. The molecule has 1 amide bonds. The third-order valence-electron chi connectivity index (χ3n) is 2.96. The SMILES string of the molecule is CCCN(CC(=O)O)C(=O)c1[nH]c2ccccc2c1Cl. The van der Waals surface area contributed by atoms with Crippen LogP contribution < -0.4 is 0 Å². The van der Waals surface area contributed by atoms with Gasteiger partial charge in [0.15, 0.2) is 0 Å². The molecule has 0 fully saturated rings. The van der Waals surface area contributed by atoms with Crippen LogP contribution in [0.2, 0.25) is 5.02 Å². The van der Waals surface area contributed by atoms with E-state index in [-0.39, 0.29) is 12.2 Å². The zero-order valence-electron chi connectivity index (χ0n) is 11.0. The molecule has 0 spiro atoms. The van der Waals surface area contributed by atoms with Crippen LogP contribution in [0, 0.1) is 0 Å². The summed E-state index contributed by atoms with van der Waals surface area (Å²) in [4.78, 5) is 27.5. The normalized spacial score (nSPS) is 10.7. The van der Waals surface area contributed by atoms with Crippen molar-refractivity contribution in [3.05, 3.63) is 35.0 Å². The Kier molecular flexibility index (Phi) is 4.29. The number of carboxylic acid groups (broad SMARTS) is 1. The van der Waals surface area contributed by atoms with E-state index in [1.54, 1.807) is 0 Å². The average Bonchev–Trinajstić information content (AvgIpc) is 2.75. The van der Waals surface area contributed by atoms with Crippen molar-refractivity contribution in [1.29, 1.82) is 0 Å². The Labute approximate surface area is 121 Å². The molecule has 0 bridgehead atoms. The summed E-state index contributed by atoms with van der Waals surface area (Å²) in [5.41, 5.74) is 0.996. The molecule has 6 heteroatoms. The number of hydrogen-bond acceptors (Lipinski definition) is 2. The van der Waals surface area contributed by atoms with Crippen LogP contribution in [0.25, 0.3) is 10.9 Å². The van der Waals surface area contributed by atoms with Gasteiger partial charge in [0.25, 0.3) is 5.91 Å². The lowest BCUT2D eigenvalue weighted by Crippen LogP contribution is -2.36.